The number of anilines is 1. The molecule has 4 aromatic rings. The van der Waals surface area contributed by atoms with Gasteiger partial charge < -0.3 is 4.90 Å². The SMILES string of the molecule is Cc1cccc(N(C)C(=O)CSc2nc3ccsc3c(=O)n2-c2ccccc2)c1. The zero-order valence-corrected chi connectivity index (χ0v) is 17.7. The van der Waals surface area contributed by atoms with Gasteiger partial charge in [-0.3, -0.25) is 14.2 Å². The molecule has 0 aliphatic carbocycles. The van der Waals surface area contributed by atoms with E-state index in [2.05, 4.69) is 4.98 Å². The molecule has 2 heterocycles. The Hall–Kier alpha value is -2.90. The minimum atomic E-state index is -0.113. The first-order valence-electron chi connectivity index (χ1n) is 9.06. The summed E-state index contributed by atoms with van der Waals surface area (Å²) in [5.74, 6) is 0.124. The van der Waals surface area contributed by atoms with E-state index in [1.54, 1.807) is 16.5 Å². The average Bonchev–Trinajstić information content (AvgIpc) is 3.21. The van der Waals surface area contributed by atoms with Crippen LogP contribution in [0, 0.1) is 6.92 Å². The van der Waals surface area contributed by atoms with Crippen LogP contribution in [-0.4, -0.2) is 28.3 Å². The van der Waals surface area contributed by atoms with Crippen molar-refractivity contribution in [2.24, 2.45) is 0 Å². The van der Waals surface area contributed by atoms with Gasteiger partial charge in [-0.05, 0) is 48.2 Å². The summed E-state index contributed by atoms with van der Waals surface area (Å²) in [6, 6.07) is 19.0. The van der Waals surface area contributed by atoms with E-state index in [4.69, 9.17) is 0 Å². The molecule has 0 saturated carbocycles. The van der Waals surface area contributed by atoms with Crippen LogP contribution in [0.4, 0.5) is 5.69 Å². The predicted molar refractivity (Wildman–Crippen MR) is 121 cm³/mol. The maximum atomic E-state index is 13.1. The average molecular weight is 422 g/mol. The number of hydrogen-bond donors (Lipinski definition) is 0. The fourth-order valence-electron chi connectivity index (χ4n) is 3.00. The second kappa shape index (κ2) is 8.23. The molecule has 0 aliphatic rings. The van der Waals surface area contributed by atoms with Crippen molar-refractivity contribution < 1.29 is 4.79 Å². The third-order valence-electron chi connectivity index (χ3n) is 4.55. The first-order chi connectivity index (χ1) is 14.0. The number of aryl methyl sites for hydroxylation is 1. The van der Waals surface area contributed by atoms with E-state index >= 15 is 0 Å². The second-order valence-electron chi connectivity index (χ2n) is 6.59. The Morgan fingerprint density at radius 1 is 1.14 bits per heavy atom. The quantitative estimate of drug-likeness (QED) is 0.351. The maximum Gasteiger partial charge on any atom is 0.276 e. The number of thioether (sulfide) groups is 1. The molecule has 0 bridgehead atoms. The van der Waals surface area contributed by atoms with Crippen LogP contribution in [0.5, 0.6) is 0 Å². The molecule has 1 amide bonds. The van der Waals surface area contributed by atoms with Crippen LogP contribution in [0.3, 0.4) is 0 Å². The summed E-state index contributed by atoms with van der Waals surface area (Å²) in [6.07, 6.45) is 0. The fraction of sp³-hybridized carbons (Fsp3) is 0.136. The lowest BCUT2D eigenvalue weighted by molar-refractivity contribution is -0.115. The van der Waals surface area contributed by atoms with Crippen LogP contribution < -0.4 is 10.5 Å². The van der Waals surface area contributed by atoms with Gasteiger partial charge in [0.15, 0.2) is 5.16 Å². The highest BCUT2D eigenvalue weighted by molar-refractivity contribution is 7.99. The van der Waals surface area contributed by atoms with Crippen molar-refractivity contribution >= 4 is 44.9 Å². The molecule has 0 N–H and O–H groups in total. The van der Waals surface area contributed by atoms with E-state index < -0.39 is 0 Å². The highest BCUT2D eigenvalue weighted by Crippen LogP contribution is 2.24. The van der Waals surface area contributed by atoms with Gasteiger partial charge in [-0.25, -0.2) is 4.98 Å². The van der Waals surface area contributed by atoms with Gasteiger partial charge in [0.05, 0.1) is 17.0 Å². The Labute approximate surface area is 176 Å². The molecule has 0 atom stereocenters. The van der Waals surface area contributed by atoms with Crippen LogP contribution in [-0.2, 0) is 4.79 Å². The number of carbonyl (C=O) groups is 1. The number of hydrogen-bond acceptors (Lipinski definition) is 5. The lowest BCUT2D eigenvalue weighted by Crippen LogP contribution is -2.28. The molecule has 2 aromatic heterocycles. The lowest BCUT2D eigenvalue weighted by atomic mass is 10.2. The predicted octanol–water partition coefficient (Wildman–Crippen LogP) is 4.51. The van der Waals surface area contributed by atoms with Crippen LogP contribution >= 0.6 is 23.1 Å². The molecular formula is C22H19N3O2S2. The Morgan fingerprint density at radius 3 is 2.69 bits per heavy atom. The van der Waals surface area contributed by atoms with Crippen LogP contribution in [0.1, 0.15) is 5.56 Å². The summed E-state index contributed by atoms with van der Waals surface area (Å²) in [4.78, 5) is 32.1. The highest BCUT2D eigenvalue weighted by Gasteiger charge is 2.17. The van der Waals surface area contributed by atoms with Crippen molar-refractivity contribution in [3.8, 4) is 5.69 Å². The smallest absolute Gasteiger partial charge is 0.276 e. The van der Waals surface area contributed by atoms with Crippen molar-refractivity contribution in [2.45, 2.75) is 12.1 Å². The summed E-state index contributed by atoms with van der Waals surface area (Å²) < 4.78 is 2.20. The third-order valence-corrected chi connectivity index (χ3v) is 6.37. The van der Waals surface area contributed by atoms with Crippen LogP contribution in [0.25, 0.3) is 15.9 Å². The summed E-state index contributed by atoms with van der Waals surface area (Å²) >= 11 is 2.65. The minimum Gasteiger partial charge on any atom is -0.315 e. The zero-order chi connectivity index (χ0) is 20.4. The van der Waals surface area contributed by atoms with Gasteiger partial charge >= 0.3 is 0 Å². The van der Waals surface area contributed by atoms with E-state index in [9.17, 15) is 9.59 Å². The van der Waals surface area contributed by atoms with Crippen molar-refractivity contribution in [2.75, 3.05) is 17.7 Å². The highest BCUT2D eigenvalue weighted by atomic mass is 32.2. The van der Waals surface area contributed by atoms with Crippen molar-refractivity contribution in [3.05, 3.63) is 82.0 Å². The van der Waals surface area contributed by atoms with Crippen molar-refractivity contribution in [3.63, 3.8) is 0 Å². The summed E-state index contributed by atoms with van der Waals surface area (Å²) in [5.41, 5.74) is 3.23. The van der Waals surface area contributed by atoms with Gasteiger partial charge in [0.25, 0.3) is 5.56 Å². The molecule has 0 radical (unpaired) electrons. The van der Waals surface area contributed by atoms with Crippen molar-refractivity contribution in [1.82, 2.24) is 9.55 Å². The molecule has 146 valence electrons. The van der Waals surface area contributed by atoms with E-state index in [0.29, 0.717) is 15.4 Å². The first kappa shape index (κ1) is 19.4. The van der Waals surface area contributed by atoms with Gasteiger partial charge in [-0.15, -0.1) is 11.3 Å². The summed E-state index contributed by atoms with van der Waals surface area (Å²) in [7, 11) is 1.76. The molecule has 4 rings (SSSR count). The molecule has 5 nitrogen and oxygen atoms in total. The lowest BCUT2D eigenvalue weighted by Gasteiger charge is -2.18. The molecule has 0 aliphatic heterocycles. The van der Waals surface area contributed by atoms with Gasteiger partial charge in [-0.2, -0.15) is 0 Å². The van der Waals surface area contributed by atoms with E-state index in [-0.39, 0.29) is 17.2 Å². The zero-order valence-electron chi connectivity index (χ0n) is 16.0. The summed E-state index contributed by atoms with van der Waals surface area (Å²) in [6.45, 7) is 2.00. The summed E-state index contributed by atoms with van der Waals surface area (Å²) in [5, 5.41) is 2.37. The molecule has 0 fully saturated rings. The number of para-hydroxylation sites is 1. The topological polar surface area (TPSA) is 55.2 Å². The molecule has 29 heavy (non-hydrogen) atoms. The molecule has 0 saturated heterocycles. The van der Waals surface area contributed by atoms with Gasteiger partial charge in [0, 0.05) is 12.7 Å². The van der Waals surface area contributed by atoms with E-state index in [0.717, 1.165) is 16.9 Å². The van der Waals surface area contributed by atoms with E-state index in [1.165, 1.54) is 23.1 Å². The first-order valence-corrected chi connectivity index (χ1v) is 10.9. The normalized spacial score (nSPS) is 11.0. The number of benzene rings is 2. The van der Waals surface area contributed by atoms with Gasteiger partial charge in [-0.1, -0.05) is 42.1 Å². The monoisotopic (exact) mass is 421 g/mol. The Balaban J connectivity index is 1.65. The fourth-order valence-corrected chi connectivity index (χ4v) is 4.68. The Morgan fingerprint density at radius 2 is 1.93 bits per heavy atom. The molecule has 2 aromatic carbocycles. The number of fused-ring (bicyclic) bond motifs is 1. The number of rotatable bonds is 5. The van der Waals surface area contributed by atoms with E-state index in [1.807, 2.05) is 73.0 Å². The van der Waals surface area contributed by atoms with Crippen LogP contribution in [0.2, 0.25) is 0 Å². The molecule has 7 heteroatoms. The molecule has 0 spiro atoms. The van der Waals surface area contributed by atoms with Gasteiger partial charge in [0.1, 0.15) is 4.70 Å². The minimum absolute atomic E-state index is 0.0557. The molecule has 0 unspecified atom stereocenters. The third kappa shape index (κ3) is 3.97. The number of amides is 1. The largest absolute Gasteiger partial charge is 0.315 e. The maximum absolute atomic E-state index is 13.1. The van der Waals surface area contributed by atoms with Gasteiger partial charge in [0.2, 0.25) is 5.91 Å². The second-order valence-corrected chi connectivity index (χ2v) is 8.44. The standard InChI is InChI=1S/C22H19N3O2S2/c1-15-7-6-10-17(13-15)24(2)19(26)14-29-22-23-18-11-12-28-20(18)21(27)25(22)16-8-4-3-5-9-16/h3-13H,14H2,1-2H3. The van der Waals surface area contributed by atoms with Crippen molar-refractivity contribution in [1.29, 1.82) is 0 Å². The Bertz CT molecular complexity index is 1230. The number of thiophene rings is 1. The number of aromatic nitrogens is 2. The Kier molecular flexibility index (Phi) is 5.51. The number of carbonyl (C=O) groups excluding carboxylic acids is 1. The molecular weight excluding hydrogens is 402 g/mol. The van der Waals surface area contributed by atoms with Crippen LogP contribution in [0.15, 0.2) is 76.0 Å². The number of nitrogens with zero attached hydrogens (tertiary/aromatic N) is 3.